The fourth-order valence-corrected chi connectivity index (χ4v) is 3.26. The Kier molecular flexibility index (Phi) is 4.32. The fourth-order valence-electron chi connectivity index (χ4n) is 3.26. The zero-order chi connectivity index (χ0) is 17.3. The van der Waals surface area contributed by atoms with E-state index >= 15 is 0 Å². The normalized spacial score (nSPS) is 12.2. The largest absolute Gasteiger partial charge is 0.0622 e. The van der Waals surface area contributed by atoms with Crippen LogP contribution < -0.4 is 0 Å². The summed E-state index contributed by atoms with van der Waals surface area (Å²) in [4.78, 5) is 0. The van der Waals surface area contributed by atoms with Crippen molar-refractivity contribution in [2.45, 2.75) is 40.0 Å². The Hall–Kier alpha value is -2.34. The molecule has 0 spiro atoms. The molecule has 0 heteroatoms. The van der Waals surface area contributed by atoms with Crippen LogP contribution in [0.25, 0.3) is 23.3 Å². The average molecular weight is 314 g/mol. The summed E-state index contributed by atoms with van der Waals surface area (Å²) in [5.74, 6) is 0. The molecular formula is C24H26. The Bertz CT molecular complexity index is 845. The molecule has 0 aromatic heterocycles. The second kappa shape index (κ2) is 6.28. The number of benzene rings is 1. The molecule has 2 aliphatic carbocycles. The maximum Gasteiger partial charge on any atom is -0.0106 e. The molecule has 24 heavy (non-hydrogen) atoms. The van der Waals surface area contributed by atoms with Crippen molar-refractivity contribution >= 4 is 12.2 Å². The van der Waals surface area contributed by atoms with Gasteiger partial charge in [-0.15, -0.1) is 0 Å². The van der Waals surface area contributed by atoms with Gasteiger partial charge < -0.3 is 0 Å². The van der Waals surface area contributed by atoms with Crippen LogP contribution in [0.5, 0.6) is 0 Å². The highest BCUT2D eigenvalue weighted by atomic mass is 14.2. The lowest BCUT2D eigenvalue weighted by atomic mass is 9.87. The minimum Gasteiger partial charge on any atom is -0.0622 e. The maximum absolute atomic E-state index is 2.36. The minimum absolute atomic E-state index is 0.129. The molecule has 3 rings (SSSR count). The van der Waals surface area contributed by atoms with E-state index in [2.05, 4.69) is 101 Å². The standard InChI is InChI=1S/C24H26/c1-17-11-14-22-20(13-12-19-9-7-6-8-10-19)16-21(24(3,4)5)15-18(2)23(17)22/h6-16H,1-5H3/b13-12+. The topological polar surface area (TPSA) is 0 Å². The minimum atomic E-state index is 0.129. The van der Waals surface area contributed by atoms with E-state index in [0.717, 1.165) is 0 Å². The Balaban J connectivity index is 2.20. The number of hydrogen-bond donors (Lipinski definition) is 0. The van der Waals surface area contributed by atoms with Crippen LogP contribution in [-0.2, 0) is 5.41 Å². The lowest BCUT2D eigenvalue weighted by Crippen LogP contribution is -2.10. The fraction of sp³-hybridized carbons (Fsp3) is 0.250. The number of hydrogen-bond acceptors (Lipinski definition) is 0. The van der Waals surface area contributed by atoms with Gasteiger partial charge in [-0.05, 0) is 58.2 Å². The molecule has 0 fully saturated rings. The van der Waals surface area contributed by atoms with E-state index < -0.39 is 0 Å². The average Bonchev–Trinajstić information content (AvgIpc) is 2.84. The van der Waals surface area contributed by atoms with E-state index in [1.807, 2.05) is 0 Å². The summed E-state index contributed by atoms with van der Waals surface area (Å²) in [5, 5.41) is 0. The molecule has 0 saturated carbocycles. The molecule has 0 nitrogen and oxygen atoms in total. The molecule has 0 unspecified atom stereocenters. The van der Waals surface area contributed by atoms with Crippen molar-refractivity contribution in [1.29, 1.82) is 0 Å². The first-order chi connectivity index (χ1) is 11.4. The smallest absolute Gasteiger partial charge is 0.0106 e. The number of fused-ring (bicyclic) bond motifs is 1. The van der Waals surface area contributed by atoms with Crippen LogP contribution in [0.4, 0.5) is 0 Å². The highest BCUT2D eigenvalue weighted by Gasteiger charge is 2.18. The number of aryl methyl sites for hydroxylation is 2. The Labute approximate surface area is 146 Å². The quantitative estimate of drug-likeness (QED) is 0.484. The summed E-state index contributed by atoms with van der Waals surface area (Å²) in [6.07, 6.45) is 4.46. The maximum atomic E-state index is 2.36. The van der Waals surface area contributed by atoms with E-state index in [1.165, 1.54) is 38.9 Å². The highest BCUT2D eigenvalue weighted by molar-refractivity contribution is 5.85. The van der Waals surface area contributed by atoms with Crippen molar-refractivity contribution in [3.8, 4) is 11.1 Å². The van der Waals surface area contributed by atoms with Gasteiger partial charge in [0.15, 0.2) is 0 Å². The van der Waals surface area contributed by atoms with E-state index in [0.29, 0.717) is 0 Å². The Morgan fingerprint density at radius 3 is 2.12 bits per heavy atom. The van der Waals surface area contributed by atoms with Crippen molar-refractivity contribution in [1.82, 2.24) is 0 Å². The monoisotopic (exact) mass is 314 g/mol. The van der Waals surface area contributed by atoms with E-state index in [-0.39, 0.29) is 5.41 Å². The van der Waals surface area contributed by atoms with Crippen molar-refractivity contribution in [3.63, 3.8) is 0 Å². The lowest BCUT2D eigenvalue weighted by Gasteiger charge is -2.18. The second-order valence-corrected chi connectivity index (χ2v) is 7.68. The molecule has 0 aliphatic heterocycles. The van der Waals surface area contributed by atoms with Crippen molar-refractivity contribution in [2.75, 3.05) is 0 Å². The predicted molar refractivity (Wildman–Crippen MR) is 107 cm³/mol. The van der Waals surface area contributed by atoms with Gasteiger partial charge in [0, 0.05) is 0 Å². The lowest BCUT2D eigenvalue weighted by molar-refractivity contribution is 0.590. The molecule has 0 radical (unpaired) electrons. The molecule has 0 bridgehead atoms. The highest BCUT2D eigenvalue weighted by Crippen LogP contribution is 2.37. The molecular weight excluding hydrogens is 288 g/mol. The summed E-state index contributed by atoms with van der Waals surface area (Å²) >= 11 is 0. The Morgan fingerprint density at radius 2 is 1.46 bits per heavy atom. The van der Waals surface area contributed by atoms with Crippen LogP contribution >= 0.6 is 0 Å². The van der Waals surface area contributed by atoms with Gasteiger partial charge in [-0.25, -0.2) is 0 Å². The molecule has 0 N–H and O–H groups in total. The first-order valence-corrected chi connectivity index (χ1v) is 8.64. The van der Waals surface area contributed by atoms with Crippen LogP contribution in [-0.4, -0.2) is 0 Å². The third-order valence-corrected chi connectivity index (χ3v) is 4.67. The van der Waals surface area contributed by atoms with E-state index in [1.54, 1.807) is 0 Å². The van der Waals surface area contributed by atoms with Gasteiger partial charge >= 0.3 is 0 Å². The third kappa shape index (κ3) is 3.28. The summed E-state index contributed by atoms with van der Waals surface area (Å²) in [5.41, 5.74) is 9.47. The van der Waals surface area contributed by atoms with Crippen molar-refractivity contribution < 1.29 is 0 Å². The summed E-state index contributed by atoms with van der Waals surface area (Å²) in [6, 6.07) is 19.7. The molecule has 0 saturated heterocycles. The molecule has 0 heterocycles. The van der Waals surface area contributed by atoms with E-state index in [4.69, 9.17) is 0 Å². The first-order valence-electron chi connectivity index (χ1n) is 8.64. The van der Waals surface area contributed by atoms with Crippen LogP contribution in [0.1, 0.15) is 48.6 Å². The van der Waals surface area contributed by atoms with Crippen molar-refractivity contribution in [3.05, 3.63) is 82.4 Å². The molecule has 2 aliphatic rings. The SMILES string of the molecule is Cc1ccc2c(/C=C/c3ccccc3)cc(C(C)(C)C)cc(C)c1-2. The van der Waals surface area contributed by atoms with Gasteiger partial charge in [0.2, 0.25) is 0 Å². The molecule has 0 atom stereocenters. The van der Waals surface area contributed by atoms with E-state index in [9.17, 15) is 0 Å². The van der Waals surface area contributed by atoms with Crippen LogP contribution in [0, 0.1) is 13.8 Å². The van der Waals surface area contributed by atoms with Crippen LogP contribution in [0.3, 0.4) is 0 Å². The zero-order valence-corrected chi connectivity index (χ0v) is 15.4. The predicted octanol–water partition coefficient (Wildman–Crippen LogP) is 6.88. The van der Waals surface area contributed by atoms with Gasteiger partial charge in [0.25, 0.3) is 0 Å². The van der Waals surface area contributed by atoms with Gasteiger partial charge in [-0.1, -0.05) is 87.5 Å². The summed E-state index contributed by atoms with van der Waals surface area (Å²) in [7, 11) is 0. The molecule has 1 aromatic rings. The third-order valence-electron chi connectivity index (χ3n) is 4.67. The van der Waals surface area contributed by atoms with Crippen LogP contribution in [0.2, 0.25) is 0 Å². The van der Waals surface area contributed by atoms with Gasteiger partial charge in [0.1, 0.15) is 0 Å². The van der Waals surface area contributed by atoms with Gasteiger partial charge in [-0.3, -0.25) is 0 Å². The van der Waals surface area contributed by atoms with Gasteiger partial charge in [-0.2, -0.15) is 0 Å². The zero-order valence-electron chi connectivity index (χ0n) is 15.4. The van der Waals surface area contributed by atoms with Crippen molar-refractivity contribution in [2.24, 2.45) is 0 Å². The molecule has 122 valence electrons. The first kappa shape index (κ1) is 16.5. The molecule has 0 amide bonds. The summed E-state index contributed by atoms with van der Waals surface area (Å²) < 4.78 is 0. The second-order valence-electron chi connectivity index (χ2n) is 7.68. The van der Waals surface area contributed by atoms with Gasteiger partial charge in [0.05, 0.1) is 0 Å². The Morgan fingerprint density at radius 1 is 0.750 bits per heavy atom. The van der Waals surface area contributed by atoms with Crippen LogP contribution in [0.15, 0.2) is 54.6 Å². The molecule has 1 aromatic carbocycles. The summed E-state index contributed by atoms with van der Waals surface area (Å²) in [6.45, 7) is 11.3. The number of rotatable bonds is 2.